The van der Waals surface area contributed by atoms with Crippen LogP contribution in [0.2, 0.25) is 6.04 Å². The maximum atomic E-state index is 6.08. The van der Waals surface area contributed by atoms with E-state index in [1.807, 2.05) is 13.8 Å². The Morgan fingerprint density at radius 2 is 2.00 bits per heavy atom. The van der Waals surface area contributed by atoms with Crippen LogP contribution >= 0.6 is 23.2 Å². The summed E-state index contributed by atoms with van der Waals surface area (Å²) in [4.78, 5) is 0. The molecule has 0 aromatic carbocycles. The molecule has 3 nitrogen and oxygen atoms in total. The molecule has 6 heteroatoms. The molecule has 0 spiro atoms. The van der Waals surface area contributed by atoms with Gasteiger partial charge in [-0.15, -0.1) is 11.6 Å². The Morgan fingerprint density at radius 1 is 1.29 bits per heavy atom. The molecule has 0 N–H and O–H groups in total. The van der Waals surface area contributed by atoms with Gasteiger partial charge in [0.25, 0.3) is 5.25 Å². The van der Waals surface area contributed by atoms with E-state index in [4.69, 9.17) is 37.1 Å². The van der Waals surface area contributed by atoms with Crippen molar-refractivity contribution < 1.29 is 13.9 Å². The van der Waals surface area contributed by atoms with Crippen LogP contribution < -0.4 is 0 Å². The zero-order chi connectivity index (χ0) is 10.9. The molecule has 0 aliphatic heterocycles. The molecule has 0 aromatic rings. The first kappa shape index (κ1) is 14.7. The van der Waals surface area contributed by atoms with Crippen LogP contribution in [-0.4, -0.2) is 40.7 Å². The molecule has 0 rings (SSSR count). The molecule has 0 radical (unpaired) electrons. The summed E-state index contributed by atoms with van der Waals surface area (Å²) in [6.07, 6.45) is 0. The van der Waals surface area contributed by atoms with Crippen molar-refractivity contribution in [3.8, 4) is 0 Å². The van der Waals surface area contributed by atoms with Crippen molar-refractivity contribution in [2.75, 3.05) is 25.7 Å². The van der Waals surface area contributed by atoms with E-state index in [1.165, 1.54) is 0 Å². The smallest absolute Gasteiger partial charge is 0.262 e. The number of hydrogen-bond donors (Lipinski definition) is 0. The van der Waals surface area contributed by atoms with E-state index in [9.17, 15) is 0 Å². The topological polar surface area (TPSA) is 27.7 Å². The van der Waals surface area contributed by atoms with Gasteiger partial charge in [0.05, 0.1) is 0 Å². The Bertz CT molecular complexity index is 140. The van der Waals surface area contributed by atoms with E-state index in [-0.39, 0.29) is 6.61 Å². The van der Waals surface area contributed by atoms with E-state index in [2.05, 4.69) is 0 Å². The Balaban J connectivity index is 3.82. The first-order chi connectivity index (χ1) is 6.68. The molecule has 0 aliphatic rings. The SMILES string of the molecule is CCOCC(Cl)(OCC)O[SiH2]CCCl. The summed E-state index contributed by atoms with van der Waals surface area (Å²) in [5, 5.41) is -1.09. The van der Waals surface area contributed by atoms with Crippen LogP contribution in [0.25, 0.3) is 0 Å². The third kappa shape index (κ3) is 7.03. The van der Waals surface area contributed by atoms with Crippen LogP contribution in [0.5, 0.6) is 0 Å². The van der Waals surface area contributed by atoms with Crippen LogP contribution in [-0.2, 0) is 13.9 Å². The molecule has 1 atom stereocenters. The highest BCUT2D eigenvalue weighted by Gasteiger charge is 2.28. The van der Waals surface area contributed by atoms with Crippen molar-refractivity contribution in [3.05, 3.63) is 0 Å². The van der Waals surface area contributed by atoms with Crippen LogP contribution in [0.15, 0.2) is 0 Å². The maximum Gasteiger partial charge on any atom is 0.262 e. The maximum absolute atomic E-state index is 6.08. The van der Waals surface area contributed by atoms with Crippen molar-refractivity contribution >= 4 is 33.0 Å². The zero-order valence-electron chi connectivity index (χ0n) is 8.72. The molecular weight excluding hydrogens is 243 g/mol. The van der Waals surface area contributed by atoms with Crippen molar-refractivity contribution in [3.63, 3.8) is 0 Å². The monoisotopic (exact) mass is 260 g/mol. The Morgan fingerprint density at radius 3 is 2.50 bits per heavy atom. The van der Waals surface area contributed by atoms with Gasteiger partial charge in [-0.25, -0.2) is 0 Å². The summed E-state index contributed by atoms with van der Waals surface area (Å²) in [6, 6.07) is 0.884. The molecule has 0 saturated heterocycles. The second-order valence-electron chi connectivity index (χ2n) is 2.62. The molecule has 86 valence electrons. The first-order valence-electron chi connectivity index (χ1n) is 4.79. The van der Waals surface area contributed by atoms with Gasteiger partial charge in [-0.1, -0.05) is 11.6 Å². The molecule has 1 unspecified atom stereocenters. The predicted molar refractivity (Wildman–Crippen MR) is 61.9 cm³/mol. The second kappa shape index (κ2) is 8.94. The normalized spacial score (nSPS) is 16.3. The molecule has 14 heavy (non-hydrogen) atoms. The quantitative estimate of drug-likeness (QED) is 0.274. The lowest BCUT2D eigenvalue weighted by Gasteiger charge is -2.26. The standard InChI is InChI=1S/C8H18Cl2O3Si/c1-3-11-7-8(10,12-4-2)13-14-6-5-9/h3-7,14H2,1-2H3. The summed E-state index contributed by atoms with van der Waals surface area (Å²) in [7, 11) is -0.710. The second-order valence-corrected chi connectivity index (χ2v) is 4.98. The summed E-state index contributed by atoms with van der Waals surface area (Å²) in [5.41, 5.74) is 0. The minimum Gasteiger partial charge on any atom is -0.384 e. The van der Waals surface area contributed by atoms with Crippen molar-refractivity contribution in [2.45, 2.75) is 25.1 Å². The minimum absolute atomic E-state index is 0.258. The summed E-state index contributed by atoms with van der Waals surface area (Å²) in [5.74, 6) is 0.611. The fraction of sp³-hybridized carbons (Fsp3) is 1.00. The van der Waals surface area contributed by atoms with Gasteiger partial charge in [-0.2, -0.15) is 0 Å². The highest BCUT2D eigenvalue weighted by molar-refractivity contribution is 6.33. The molecule has 0 fully saturated rings. The van der Waals surface area contributed by atoms with Gasteiger partial charge >= 0.3 is 0 Å². The summed E-state index contributed by atoms with van der Waals surface area (Å²) >= 11 is 11.6. The molecule has 0 amide bonds. The largest absolute Gasteiger partial charge is 0.384 e. The highest BCUT2D eigenvalue weighted by atomic mass is 35.5. The minimum atomic E-state index is -1.09. The molecular formula is C8H18Cl2O3Si. The van der Waals surface area contributed by atoms with Crippen molar-refractivity contribution in [1.82, 2.24) is 0 Å². The third-order valence-corrected chi connectivity index (χ3v) is 3.97. The van der Waals surface area contributed by atoms with Gasteiger partial charge < -0.3 is 13.9 Å². The summed E-state index contributed by atoms with van der Waals surface area (Å²) < 4.78 is 16.0. The average molecular weight is 261 g/mol. The average Bonchev–Trinajstić information content (AvgIpc) is 2.16. The number of hydrogen-bond acceptors (Lipinski definition) is 3. The van der Waals surface area contributed by atoms with Crippen LogP contribution in [0.4, 0.5) is 0 Å². The lowest BCUT2D eigenvalue weighted by molar-refractivity contribution is -0.151. The van der Waals surface area contributed by atoms with E-state index in [1.54, 1.807) is 0 Å². The fourth-order valence-corrected chi connectivity index (χ4v) is 2.31. The zero-order valence-corrected chi connectivity index (χ0v) is 11.6. The van der Waals surface area contributed by atoms with Crippen LogP contribution in [0.1, 0.15) is 13.8 Å². The Labute approximate surface area is 97.9 Å². The third-order valence-electron chi connectivity index (χ3n) is 1.43. The number of halogens is 2. The van der Waals surface area contributed by atoms with Gasteiger partial charge in [0, 0.05) is 19.1 Å². The van der Waals surface area contributed by atoms with Gasteiger partial charge in [0.1, 0.15) is 6.61 Å². The molecule has 0 aromatic heterocycles. The first-order valence-corrected chi connectivity index (χ1v) is 7.28. The highest BCUT2D eigenvalue weighted by Crippen LogP contribution is 2.19. The van der Waals surface area contributed by atoms with Gasteiger partial charge in [-0.05, 0) is 19.9 Å². The number of ether oxygens (including phenoxy) is 2. The van der Waals surface area contributed by atoms with Gasteiger partial charge in [0.15, 0.2) is 9.76 Å². The van der Waals surface area contributed by atoms with Crippen LogP contribution in [0.3, 0.4) is 0 Å². The van der Waals surface area contributed by atoms with Crippen LogP contribution in [0, 0.1) is 0 Å². The van der Waals surface area contributed by atoms with E-state index >= 15 is 0 Å². The fourth-order valence-electron chi connectivity index (χ4n) is 0.844. The summed E-state index contributed by atoms with van der Waals surface area (Å²) in [6.45, 7) is 5.14. The number of alkyl halides is 2. The predicted octanol–water partition coefficient (Wildman–Crippen LogP) is 1.71. The molecule has 0 heterocycles. The van der Waals surface area contributed by atoms with Gasteiger partial charge in [0.2, 0.25) is 0 Å². The molecule has 0 bridgehead atoms. The lowest BCUT2D eigenvalue weighted by atomic mass is 10.6. The lowest BCUT2D eigenvalue weighted by Crippen LogP contribution is -2.36. The Kier molecular flexibility index (Phi) is 9.38. The van der Waals surface area contributed by atoms with E-state index in [0.29, 0.717) is 19.1 Å². The Hall–Kier alpha value is 0.677. The van der Waals surface area contributed by atoms with Crippen molar-refractivity contribution in [2.24, 2.45) is 0 Å². The molecule has 0 saturated carbocycles. The number of rotatable bonds is 9. The van der Waals surface area contributed by atoms with E-state index in [0.717, 1.165) is 6.04 Å². The molecule has 0 aliphatic carbocycles. The van der Waals surface area contributed by atoms with E-state index < -0.39 is 15.0 Å². The van der Waals surface area contributed by atoms with Crippen molar-refractivity contribution in [1.29, 1.82) is 0 Å². The van der Waals surface area contributed by atoms with Gasteiger partial charge in [-0.3, -0.25) is 0 Å².